The average molecular weight is 236 g/mol. The fraction of sp³-hybridized carbons (Fsp3) is 0.462. The molecular weight excluding hydrogens is 216 g/mol. The molecule has 0 saturated carbocycles. The van der Waals surface area contributed by atoms with E-state index in [1.165, 1.54) is 0 Å². The Labute approximate surface area is 102 Å². The summed E-state index contributed by atoms with van der Waals surface area (Å²) >= 11 is 0. The van der Waals surface area contributed by atoms with Crippen LogP contribution in [0.4, 0.5) is 0 Å². The monoisotopic (exact) mass is 236 g/mol. The van der Waals surface area contributed by atoms with Gasteiger partial charge in [-0.2, -0.15) is 0 Å². The molecule has 0 saturated heterocycles. The molecule has 0 aliphatic carbocycles. The van der Waals surface area contributed by atoms with Crippen LogP contribution in [0.2, 0.25) is 0 Å². The molecule has 0 heterocycles. The molecule has 17 heavy (non-hydrogen) atoms. The maximum absolute atomic E-state index is 7.20. The van der Waals surface area contributed by atoms with Crippen LogP contribution in [-0.2, 0) is 11.2 Å². The molecule has 0 aromatic heterocycles. The topological polar surface area (TPSA) is 68.3 Å². The minimum absolute atomic E-state index is 0.179. The quantitative estimate of drug-likeness (QED) is 0.412. The van der Waals surface area contributed by atoms with Gasteiger partial charge in [-0.15, -0.1) is 0 Å². The predicted octanol–water partition coefficient (Wildman–Crippen LogP) is 1.97. The third-order valence-electron chi connectivity index (χ3n) is 2.33. The Morgan fingerprint density at radius 1 is 1.18 bits per heavy atom. The van der Waals surface area contributed by atoms with Gasteiger partial charge in [0.05, 0.1) is 12.4 Å². The smallest absolute Gasteiger partial charge is 0.119 e. The highest BCUT2D eigenvalue weighted by atomic mass is 16.5. The van der Waals surface area contributed by atoms with Crippen molar-refractivity contribution >= 4 is 5.84 Å². The molecule has 1 aromatic carbocycles. The number of methoxy groups -OCH3 is 1. The number of nitrogens with two attached hydrogens (primary N) is 1. The lowest BCUT2D eigenvalue weighted by Gasteiger charge is -2.06. The Morgan fingerprint density at radius 3 is 2.41 bits per heavy atom. The Bertz CT molecular complexity index is 336. The van der Waals surface area contributed by atoms with Crippen molar-refractivity contribution in [3.63, 3.8) is 0 Å². The van der Waals surface area contributed by atoms with Crippen molar-refractivity contribution in [3.05, 3.63) is 29.8 Å². The normalized spacial score (nSPS) is 10.2. The molecule has 94 valence electrons. The van der Waals surface area contributed by atoms with Crippen LogP contribution in [0, 0.1) is 5.41 Å². The van der Waals surface area contributed by atoms with Crippen LogP contribution in [0.3, 0.4) is 0 Å². The summed E-state index contributed by atoms with van der Waals surface area (Å²) in [5.74, 6) is 1.04. The summed E-state index contributed by atoms with van der Waals surface area (Å²) in [4.78, 5) is 0. The molecule has 0 aliphatic rings. The first kappa shape index (κ1) is 13.5. The number of benzene rings is 1. The summed E-state index contributed by atoms with van der Waals surface area (Å²) in [5.41, 5.74) is 6.36. The summed E-state index contributed by atoms with van der Waals surface area (Å²) < 4.78 is 10.5. The molecule has 1 rings (SSSR count). The van der Waals surface area contributed by atoms with Gasteiger partial charge >= 0.3 is 0 Å². The molecule has 4 nitrogen and oxygen atoms in total. The number of ether oxygens (including phenoxy) is 2. The minimum Gasteiger partial charge on any atom is -0.494 e. The number of amidine groups is 1. The van der Waals surface area contributed by atoms with Crippen molar-refractivity contribution in [2.24, 2.45) is 5.73 Å². The first-order chi connectivity index (χ1) is 8.22. The van der Waals surface area contributed by atoms with E-state index in [1.807, 2.05) is 24.3 Å². The standard InChI is InChI=1S/C13H20N2O2/c1-16-8-2-3-9-17-12-6-4-11(5-7-12)10-13(14)15/h4-7H,2-3,8-10H2,1H3,(H3,14,15). The number of hydrogen-bond acceptors (Lipinski definition) is 3. The Balaban J connectivity index is 2.28. The van der Waals surface area contributed by atoms with E-state index >= 15 is 0 Å². The van der Waals surface area contributed by atoms with E-state index in [4.69, 9.17) is 20.6 Å². The lowest BCUT2D eigenvalue weighted by atomic mass is 10.1. The zero-order chi connectivity index (χ0) is 12.5. The van der Waals surface area contributed by atoms with Gasteiger partial charge in [-0.1, -0.05) is 12.1 Å². The predicted molar refractivity (Wildman–Crippen MR) is 68.7 cm³/mol. The van der Waals surface area contributed by atoms with Crippen LogP contribution < -0.4 is 10.5 Å². The second kappa shape index (κ2) is 7.68. The van der Waals surface area contributed by atoms with Crippen molar-refractivity contribution in [2.75, 3.05) is 20.3 Å². The van der Waals surface area contributed by atoms with Crippen LogP contribution in [0.25, 0.3) is 0 Å². The molecule has 0 fully saturated rings. The van der Waals surface area contributed by atoms with Gasteiger partial charge in [-0.05, 0) is 30.5 Å². The van der Waals surface area contributed by atoms with Crippen LogP contribution in [0.15, 0.2) is 24.3 Å². The van der Waals surface area contributed by atoms with Gasteiger partial charge < -0.3 is 15.2 Å². The van der Waals surface area contributed by atoms with E-state index in [9.17, 15) is 0 Å². The lowest BCUT2D eigenvalue weighted by Crippen LogP contribution is -2.12. The molecule has 0 unspecified atom stereocenters. The summed E-state index contributed by atoms with van der Waals surface area (Å²) in [5, 5.41) is 7.20. The number of nitrogens with one attached hydrogen (secondary N) is 1. The van der Waals surface area contributed by atoms with Crippen LogP contribution in [-0.4, -0.2) is 26.2 Å². The van der Waals surface area contributed by atoms with Gasteiger partial charge in [0, 0.05) is 20.1 Å². The highest BCUT2D eigenvalue weighted by Crippen LogP contribution is 2.13. The van der Waals surface area contributed by atoms with Crippen molar-refractivity contribution < 1.29 is 9.47 Å². The zero-order valence-electron chi connectivity index (χ0n) is 10.2. The maximum atomic E-state index is 7.20. The van der Waals surface area contributed by atoms with E-state index in [0.717, 1.165) is 30.8 Å². The maximum Gasteiger partial charge on any atom is 0.119 e. The fourth-order valence-corrected chi connectivity index (χ4v) is 1.46. The van der Waals surface area contributed by atoms with E-state index in [-0.39, 0.29) is 5.84 Å². The first-order valence-corrected chi connectivity index (χ1v) is 5.76. The summed E-state index contributed by atoms with van der Waals surface area (Å²) in [7, 11) is 1.70. The lowest BCUT2D eigenvalue weighted by molar-refractivity contribution is 0.184. The molecular formula is C13H20N2O2. The molecule has 4 heteroatoms. The number of rotatable bonds is 8. The van der Waals surface area contributed by atoms with Gasteiger partial charge in [-0.25, -0.2) is 0 Å². The van der Waals surface area contributed by atoms with Gasteiger partial charge in [0.15, 0.2) is 0 Å². The highest BCUT2D eigenvalue weighted by molar-refractivity contribution is 5.79. The highest BCUT2D eigenvalue weighted by Gasteiger charge is 1.97. The molecule has 0 aliphatic heterocycles. The van der Waals surface area contributed by atoms with Crippen molar-refractivity contribution in [2.45, 2.75) is 19.3 Å². The molecule has 0 radical (unpaired) electrons. The van der Waals surface area contributed by atoms with Gasteiger partial charge in [0.2, 0.25) is 0 Å². The van der Waals surface area contributed by atoms with Crippen LogP contribution >= 0.6 is 0 Å². The zero-order valence-corrected chi connectivity index (χ0v) is 10.2. The number of hydrogen-bond donors (Lipinski definition) is 2. The van der Waals surface area contributed by atoms with Crippen molar-refractivity contribution in [1.82, 2.24) is 0 Å². The molecule has 0 amide bonds. The van der Waals surface area contributed by atoms with E-state index in [1.54, 1.807) is 7.11 Å². The second-order valence-corrected chi connectivity index (χ2v) is 3.89. The molecule has 0 atom stereocenters. The third kappa shape index (κ3) is 5.92. The van der Waals surface area contributed by atoms with Crippen molar-refractivity contribution in [1.29, 1.82) is 5.41 Å². The second-order valence-electron chi connectivity index (χ2n) is 3.89. The first-order valence-electron chi connectivity index (χ1n) is 5.76. The molecule has 0 bridgehead atoms. The van der Waals surface area contributed by atoms with E-state index < -0.39 is 0 Å². The molecule has 3 N–H and O–H groups in total. The Morgan fingerprint density at radius 2 is 1.82 bits per heavy atom. The van der Waals surface area contributed by atoms with Crippen molar-refractivity contribution in [3.8, 4) is 5.75 Å². The SMILES string of the molecule is COCCCCOc1ccc(CC(=N)N)cc1. The van der Waals surface area contributed by atoms with Gasteiger partial charge in [0.25, 0.3) is 0 Å². The van der Waals surface area contributed by atoms with E-state index in [2.05, 4.69) is 0 Å². The third-order valence-corrected chi connectivity index (χ3v) is 2.33. The van der Waals surface area contributed by atoms with Crippen LogP contribution in [0.1, 0.15) is 18.4 Å². The molecule has 1 aromatic rings. The Hall–Kier alpha value is -1.55. The molecule has 0 spiro atoms. The summed E-state index contributed by atoms with van der Waals surface area (Å²) in [6.07, 6.45) is 2.50. The summed E-state index contributed by atoms with van der Waals surface area (Å²) in [6, 6.07) is 7.70. The van der Waals surface area contributed by atoms with Crippen LogP contribution in [0.5, 0.6) is 5.75 Å². The fourth-order valence-electron chi connectivity index (χ4n) is 1.46. The average Bonchev–Trinajstić information content (AvgIpc) is 2.30. The Kier molecular flexibility index (Phi) is 6.10. The largest absolute Gasteiger partial charge is 0.494 e. The summed E-state index contributed by atoms with van der Waals surface area (Å²) in [6.45, 7) is 1.48. The number of unbranched alkanes of at least 4 members (excludes halogenated alkanes) is 1. The van der Waals surface area contributed by atoms with Gasteiger partial charge in [-0.3, -0.25) is 5.41 Å². The van der Waals surface area contributed by atoms with E-state index in [0.29, 0.717) is 13.0 Å². The van der Waals surface area contributed by atoms with Gasteiger partial charge in [0.1, 0.15) is 5.75 Å². The minimum atomic E-state index is 0.179.